The van der Waals surface area contributed by atoms with Crippen molar-refractivity contribution in [1.29, 1.82) is 0 Å². The Labute approximate surface area is 82.2 Å². The fourth-order valence-corrected chi connectivity index (χ4v) is 0.909. The van der Waals surface area contributed by atoms with E-state index < -0.39 is 0 Å². The first-order chi connectivity index (χ1) is 6.69. The third-order valence-electron chi connectivity index (χ3n) is 1.53. The lowest BCUT2D eigenvalue weighted by molar-refractivity contribution is 0.303. The Morgan fingerprint density at radius 3 is 2.43 bits per heavy atom. The van der Waals surface area contributed by atoms with Crippen molar-refractivity contribution in [2.24, 2.45) is 0 Å². The zero-order valence-corrected chi connectivity index (χ0v) is 8.28. The van der Waals surface area contributed by atoms with Gasteiger partial charge in [0.1, 0.15) is 0 Å². The number of nitrogens with zero attached hydrogens (tertiary/aromatic N) is 2. The van der Waals surface area contributed by atoms with Gasteiger partial charge in [-0.2, -0.15) is 9.97 Å². The van der Waals surface area contributed by atoms with Gasteiger partial charge in [-0.1, -0.05) is 6.92 Å². The molecule has 1 aromatic heterocycles. The van der Waals surface area contributed by atoms with Crippen LogP contribution < -0.4 is 20.9 Å². The Balaban J connectivity index is 2.96. The fraction of sp³-hybridized carbons (Fsp3) is 0.500. The second-order valence-electron chi connectivity index (χ2n) is 2.66. The number of nitrogen functional groups attached to an aromatic ring is 2. The molecular formula is C8H14N4O2. The van der Waals surface area contributed by atoms with Crippen LogP contribution in [0.3, 0.4) is 0 Å². The minimum atomic E-state index is 0.0853. The van der Waals surface area contributed by atoms with E-state index in [0.29, 0.717) is 6.61 Å². The van der Waals surface area contributed by atoms with Crippen LogP contribution in [0.15, 0.2) is 0 Å². The Bertz CT molecular complexity index is 316. The minimum Gasteiger partial charge on any atom is -0.479 e. The number of anilines is 2. The van der Waals surface area contributed by atoms with Gasteiger partial charge in [0.25, 0.3) is 0 Å². The second kappa shape index (κ2) is 4.50. The van der Waals surface area contributed by atoms with Crippen LogP contribution in [0, 0.1) is 0 Å². The molecule has 0 aromatic carbocycles. The predicted octanol–water partition coefficient (Wildman–Crippen LogP) is 0.438. The van der Waals surface area contributed by atoms with E-state index in [4.69, 9.17) is 20.9 Å². The van der Waals surface area contributed by atoms with Crippen LogP contribution in [0.25, 0.3) is 0 Å². The first-order valence-corrected chi connectivity index (χ1v) is 4.28. The first-order valence-electron chi connectivity index (χ1n) is 4.28. The van der Waals surface area contributed by atoms with Gasteiger partial charge < -0.3 is 20.9 Å². The molecule has 0 radical (unpaired) electrons. The van der Waals surface area contributed by atoms with Crippen molar-refractivity contribution in [1.82, 2.24) is 9.97 Å². The van der Waals surface area contributed by atoms with Gasteiger partial charge in [-0.25, -0.2) is 0 Å². The van der Waals surface area contributed by atoms with Gasteiger partial charge in [-0.05, 0) is 6.42 Å². The molecule has 14 heavy (non-hydrogen) atoms. The molecule has 0 aliphatic carbocycles. The van der Waals surface area contributed by atoms with Crippen LogP contribution >= 0.6 is 0 Å². The third kappa shape index (κ3) is 2.15. The molecular weight excluding hydrogens is 184 g/mol. The molecule has 1 heterocycles. The van der Waals surface area contributed by atoms with E-state index in [2.05, 4.69) is 9.97 Å². The monoisotopic (exact) mass is 198 g/mol. The zero-order chi connectivity index (χ0) is 10.6. The average Bonchev–Trinajstić information content (AvgIpc) is 2.18. The van der Waals surface area contributed by atoms with E-state index in [1.165, 1.54) is 7.11 Å². The Hall–Kier alpha value is -1.72. The van der Waals surface area contributed by atoms with Crippen molar-refractivity contribution in [3.63, 3.8) is 0 Å². The summed E-state index contributed by atoms with van der Waals surface area (Å²) < 4.78 is 10.2. The smallest absolute Gasteiger partial charge is 0.246 e. The van der Waals surface area contributed by atoms with Crippen molar-refractivity contribution in [3.8, 4) is 11.8 Å². The van der Waals surface area contributed by atoms with Gasteiger partial charge in [0.05, 0.1) is 13.7 Å². The van der Waals surface area contributed by atoms with Crippen LogP contribution in [0.1, 0.15) is 13.3 Å². The largest absolute Gasteiger partial charge is 0.479 e. The summed E-state index contributed by atoms with van der Waals surface area (Å²) in [5.74, 6) is 0.599. The van der Waals surface area contributed by atoms with Crippen LogP contribution in [0.4, 0.5) is 11.6 Å². The van der Waals surface area contributed by atoms with E-state index in [1.807, 2.05) is 6.92 Å². The van der Waals surface area contributed by atoms with Crippen LogP contribution in [0.5, 0.6) is 11.8 Å². The summed E-state index contributed by atoms with van der Waals surface area (Å²) in [6.07, 6.45) is 0.867. The number of ether oxygens (including phenoxy) is 2. The highest BCUT2D eigenvalue weighted by molar-refractivity contribution is 5.58. The highest BCUT2D eigenvalue weighted by atomic mass is 16.5. The Morgan fingerprint density at radius 1 is 1.21 bits per heavy atom. The summed E-state index contributed by atoms with van der Waals surface area (Å²) in [7, 11) is 1.46. The first kappa shape index (κ1) is 10.4. The maximum absolute atomic E-state index is 5.67. The summed E-state index contributed by atoms with van der Waals surface area (Å²) >= 11 is 0. The minimum absolute atomic E-state index is 0.0853. The zero-order valence-electron chi connectivity index (χ0n) is 8.28. The van der Waals surface area contributed by atoms with Gasteiger partial charge in [-0.3, -0.25) is 0 Å². The summed E-state index contributed by atoms with van der Waals surface area (Å²) in [4.78, 5) is 7.66. The number of methoxy groups -OCH3 is 1. The molecule has 0 saturated carbocycles. The quantitative estimate of drug-likeness (QED) is 0.728. The molecule has 0 amide bonds. The lowest BCUT2D eigenvalue weighted by Gasteiger charge is -2.09. The van der Waals surface area contributed by atoms with E-state index in [-0.39, 0.29) is 23.4 Å². The average molecular weight is 198 g/mol. The third-order valence-corrected chi connectivity index (χ3v) is 1.53. The normalized spacial score (nSPS) is 9.86. The number of hydrogen-bond donors (Lipinski definition) is 2. The van der Waals surface area contributed by atoms with Crippen LogP contribution in [-0.2, 0) is 0 Å². The fourth-order valence-electron chi connectivity index (χ4n) is 0.909. The van der Waals surface area contributed by atoms with Crippen LogP contribution in [-0.4, -0.2) is 23.7 Å². The SMILES string of the molecule is CCCOc1nc(N)nc(OC)c1N. The molecule has 0 fully saturated rings. The summed E-state index contributed by atoms with van der Waals surface area (Å²) in [5.41, 5.74) is 11.4. The van der Waals surface area contributed by atoms with E-state index >= 15 is 0 Å². The second-order valence-corrected chi connectivity index (χ2v) is 2.66. The molecule has 78 valence electrons. The Kier molecular flexibility index (Phi) is 3.33. The van der Waals surface area contributed by atoms with Crippen molar-refractivity contribution in [3.05, 3.63) is 0 Å². The highest BCUT2D eigenvalue weighted by Crippen LogP contribution is 2.28. The lowest BCUT2D eigenvalue weighted by atomic mass is 10.5. The molecule has 0 aliphatic heterocycles. The lowest BCUT2D eigenvalue weighted by Crippen LogP contribution is -2.07. The summed E-state index contributed by atoms with van der Waals surface area (Å²) in [5, 5.41) is 0. The molecule has 6 nitrogen and oxygen atoms in total. The number of hydrogen-bond acceptors (Lipinski definition) is 6. The van der Waals surface area contributed by atoms with Crippen molar-refractivity contribution >= 4 is 11.6 Å². The van der Waals surface area contributed by atoms with Gasteiger partial charge in [-0.15, -0.1) is 0 Å². The molecule has 0 bridgehead atoms. The van der Waals surface area contributed by atoms with Crippen LogP contribution in [0.2, 0.25) is 0 Å². The van der Waals surface area contributed by atoms with Crippen molar-refractivity contribution in [2.75, 3.05) is 25.2 Å². The Morgan fingerprint density at radius 2 is 1.86 bits per heavy atom. The topological polar surface area (TPSA) is 96.3 Å². The number of aromatic nitrogens is 2. The maximum Gasteiger partial charge on any atom is 0.246 e. The predicted molar refractivity (Wildman–Crippen MR) is 53.2 cm³/mol. The van der Waals surface area contributed by atoms with Gasteiger partial charge in [0.2, 0.25) is 17.7 Å². The standard InChI is InChI=1S/C8H14N4O2/c1-3-4-14-7-5(9)6(13-2)11-8(10)12-7/h3-4,9H2,1-2H3,(H2,10,11,12). The molecule has 1 aromatic rings. The summed E-state index contributed by atoms with van der Waals surface area (Å²) in [6.45, 7) is 2.52. The summed E-state index contributed by atoms with van der Waals surface area (Å²) in [6, 6.07) is 0. The number of nitrogens with two attached hydrogens (primary N) is 2. The van der Waals surface area contributed by atoms with E-state index in [9.17, 15) is 0 Å². The van der Waals surface area contributed by atoms with Gasteiger partial charge in [0.15, 0.2) is 5.69 Å². The highest BCUT2D eigenvalue weighted by Gasteiger charge is 2.11. The van der Waals surface area contributed by atoms with E-state index in [0.717, 1.165) is 6.42 Å². The van der Waals surface area contributed by atoms with Crippen molar-refractivity contribution in [2.45, 2.75) is 13.3 Å². The molecule has 0 saturated heterocycles. The molecule has 0 spiro atoms. The molecule has 0 unspecified atom stereocenters. The number of rotatable bonds is 4. The molecule has 4 N–H and O–H groups in total. The molecule has 1 rings (SSSR count). The molecule has 6 heteroatoms. The molecule has 0 atom stereocenters. The maximum atomic E-state index is 5.67. The molecule has 0 aliphatic rings. The van der Waals surface area contributed by atoms with Gasteiger partial charge >= 0.3 is 0 Å². The van der Waals surface area contributed by atoms with E-state index in [1.54, 1.807) is 0 Å². The van der Waals surface area contributed by atoms with Crippen molar-refractivity contribution < 1.29 is 9.47 Å². The van der Waals surface area contributed by atoms with Gasteiger partial charge in [0, 0.05) is 0 Å².